The van der Waals surface area contributed by atoms with Gasteiger partial charge >= 0.3 is 0 Å². The van der Waals surface area contributed by atoms with Gasteiger partial charge in [0.1, 0.15) is 0 Å². The molecule has 1 N–H and O–H groups in total. The average molecular weight is 380 g/mol. The minimum Gasteiger partial charge on any atom is -0.385 e. The molecule has 4 rings (SSSR count). The van der Waals surface area contributed by atoms with Crippen molar-refractivity contribution in [3.8, 4) is 11.1 Å². The van der Waals surface area contributed by atoms with E-state index < -0.39 is 0 Å². The minimum atomic E-state index is 0.952. The Balaban J connectivity index is 1.66. The molecule has 0 bridgehead atoms. The lowest BCUT2D eigenvalue weighted by Crippen LogP contribution is -2.11. The van der Waals surface area contributed by atoms with Gasteiger partial charge < -0.3 is 5.32 Å². The standard InChI is InChI=1S/C28H29N/c1-5-15-29-21(4)23-7-6-8-24(16-23)25-13-14-26-18-27(20(3)28(26)17-25)22-11-9-19(2)10-12-22/h6-14,16-17,29H,4-5,15,18H2,1-3H3. The van der Waals surface area contributed by atoms with Crippen LogP contribution in [-0.2, 0) is 6.42 Å². The van der Waals surface area contributed by atoms with Gasteiger partial charge in [-0.3, -0.25) is 0 Å². The van der Waals surface area contributed by atoms with Crippen LogP contribution in [0.5, 0.6) is 0 Å². The maximum atomic E-state index is 4.20. The summed E-state index contributed by atoms with van der Waals surface area (Å²) in [6, 6.07) is 24.5. The number of allylic oxidation sites excluding steroid dienone is 2. The molecule has 1 heteroatoms. The van der Waals surface area contributed by atoms with E-state index in [4.69, 9.17) is 0 Å². The largest absolute Gasteiger partial charge is 0.385 e. The summed E-state index contributed by atoms with van der Waals surface area (Å²) >= 11 is 0. The number of rotatable bonds is 6. The third-order valence-corrected chi connectivity index (χ3v) is 5.87. The average Bonchev–Trinajstić information content (AvgIpc) is 3.08. The molecule has 0 aliphatic heterocycles. The van der Waals surface area contributed by atoms with Gasteiger partial charge in [-0.1, -0.05) is 73.7 Å². The van der Waals surface area contributed by atoms with Gasteiger partial charge in [-0.05, 0) is 83.3 Å². The van der Waals surface area contributed by atoms with Crippen molar-refractivity contribution < 1.29 is 0 Å². The summed E-state index contributed by atoms with van der Waals surface area (Å²) in [6.45, 7) is 11.7. The van der Waals surface area contributed by atoms with E-state index in [9.17, 15) is 0 Å². The molecule has 0 fully saturated rings. The molecule has 0 saturated heterocycles. The summed E-state index contributed by atoms with van der Waals surface area (Å²) in [5.74, 6) is 0. The number of nitrogens with one attached hydrogen (secondary N) is 1. The molecular weight excluding hydrogens is 350 g/mol. The molecule has 0 amide bonds. The molecule has 146 valence electrons. The Hall–Kier alpha value is -3.06. The fourth-order valence-electron chi connectivity index (χ4n) is 4.08. The Bertz CT molecular complexity index is 1080. The van der Waals surface area contributed by atoms with Crippen LogP contribution in [-0.4, -0.2) is 6.54 Å². The zero-order valence-corrected chi connectivity index (χ0v) is 17.7. The highest BCUT2D eigenvalue weighted by molar-refractivity contribution is 5.97. The highest BCUT2D eigenvalue weighted by atomic mass is 14.9. The maximum Gasteiger partial charge on any atom is 0.0340 e. The SMILES string of the molecule is C=C(NCCC)c1cccc(-c2ccc3c(c2)C(C)=C(c2ccc(C)cc2)C3)c1. The van der Waals surface area contributed by atoms with Crippen molar-refractivity contribution >= 4 is 16.8 Å². The van der Waals surface area contributed by atoms with Crippen molar-refractivity contribution in [1.29, 1.82) is 0 Å². The van der Waals surface area contributed by atoms with Crippen LogP contribution in [0, 0.1) is 6.92 Å². The predicted octanol–water partition coefficient (Wildman–Crippen LogP) is 7.12. The number of hydrogen-bond donors (Lipinski definition) is 1. The molecule has 1 nitrogen and oxygen atoms in total. The van der Waals surface area contributed by atoms with Crippen LogP contribution in [0.2, 0.25) is 0 Å². The molecule has 1 aliphatic carbocycles. The van der Waals surface area contributed by atoms with Gasteiger partial charge in [0.2, 0.25) is 0 Å². The number of aryl methyl sites for hydroxylation is 1. The van der Waals surface area contributed by atoms with Crippen LogP contribution < -0.4 is 5.32 Å². The van der Waals surface area contributed by atoms with Crippen molar-refractivity contribution in [2.45, 2.75) is 33.6 Å². The summed E-state index contributed by atoms with van der Waals surface area (Å²) < 4.78 is 0. The first-order chi connectivity index (χ1) is 14.1. The molecule has 3 aromatic rings. The number of benzene rings is 3. The molecular formula is C28H29N. The molecule has 3 aromatic carbocycles. The fraction of sp³-hybridized carbons (Fsp3) is 0.214. The fourth-order valence-corrected chi connectivity index (χ4v) is 4.08. The first-order valence-electron chi connectivity index (χ1n) is 10.5. The van der Waals surface area contributed by atoms with E-state index >= 15 is 0 Å². The van der Waals surface area contributed by atoms with Gasteiger partial charge in [0.05, 0.1) is 0 Å². The third kappa shape index (κ3) is 3.91. The smallest absolute Gasteiger partial charge is 0.0340 e. The van der Waals surface area contributed by atoms with Gasteiger partial charge in [0.15, 0.2) is 0 Å². The summed E-state index contributed by atoms with van der Waals surface area (Å²) in [5, 5.41) is 3.40. The Morgan fingerprint density at radius 1 is 0.897 bits per heavy atom. The van der Waals surface area contributed by atoms with E-state index in [0.29, 0.717) is 0 Å². The van der Waals surface area contributed by atoms with Crippen molar-refractivity contribution in [1.82, 2.24) is 5.32 Å². The topological polar surface area (TPSA) is 12.0 Å². The molecule has 0 saturated carbocycles. The minimum absolute atomic E-state index is 0.952. The molecule has 0 spiro atoms. The predicted molar refractivity (Wildman–Crippen MR) is 127 cm³/mol. The lowest BCUT2D eigenvalue weighted by Gasteiger charge is -2.11. The quantitative estimate of drug-likeness (QED) is 0.481. The lowest BCUT2D eigenvalue weighted by atomic mass is 9.97. The van der Waals surface area contributed by atoms with Gasteiger partial charge in [-0.2, -0.15) is 0 Å². The summed E-state index contributed by atoms with van der Waals surface area (Å²) in [6.07, 6.45) is 2.11. The van der Waals surface area contributed by atoms with Crippen molar-refractivity contribution in [2.75, 3.05) is 6.54 Å². The van der Waals surface area contributed by atoms with Crippen LogP contribution >= 0.6 is 0 Å². The molecule has 0 radical (unpaired) electrons. The van der Waals surface area contributed by atoms with Crippen molar-refractivity contribution in [3.63, 3.8) is 0 Å². The highest BCUT2D eigenvalue weighted by Gasteiger charge is 2.20. The molecule has 0 heterocycles. The lowest BCUT2D eigenvalue weighted by molar-refractivity contribution is 0.825. The van der Waals surface area contributed by atoms with Gasteiger partial charge in [-0.15, -0.1) is 0 Å². The van der Waals surface area contributed by atoms with Gasteiger partial charge in [0.25, 0.3) is 0 Å². The zero-order valence-electron chi connectivity index (χ0n) is 17.7. The van der Waals surface area contributed by atoms with Crippen LogP contribution in [0.15, 0.2) is 73.3 Å². The summed E-state index contributed by atoms with van der Waals surface area (Å²) in [5.41, 5.74) is 12.9. The molecule has 0 atom stereocenters. The Kier molecular flexibility index (Phi) is 5.40. The molecule has 0 aromatic heterocycles. The van der Waals surface area contributed by atoms with E-state index in [2.05, 4.69) is 99.4 Å². The van der Waals surface area contributed by atoms with Crippen LogP contribution in [0.1, 0.15) is 48.1 Å². The van der Waals surface area contributed by atoms with E-state index in [0.717, 1.165) is 30.6 Å². The Morgan fingerprint density at radius 3 is 2.38 bits per heavy atom. The second-order valence-electron chi connectivity index (χ2n) is 8.00. The third-order valence-electron chi connectivity index (χ3n) is 5.87. The first-order valence-corrected chi connectivity index (χ1v) is 10.5. The van der Waals surface area contributed by atoms with Gasteiger partial charge in [0, 0.05) is 12.2 Å². The number of fused-ring (bicyclic) bond motifs is 1. The molecule has 0 unspecified atom stereocenters. The van der Waals surface area contributed by atoms with Crippen LogP contribution in [0.4, 0.5) is 0 Å². The summed E-state index contributed by atoms with van der Waals surface area (Å²) in [7, 11) is 0. The maximum absolute atomic E-state index is 4.20. The van der Waals surface area contributed by atoms with E-state index in [-0.39, 0.29) is 0 Å². The van der Waals surface area contributed by atoms with Crippen molar-refractivity contribution in [3.05, 3.63) is 101 Å². The second kappa shape index (κ2) is 8.13. The van der Waals surface area contributed by atoms with E-state index in [1.54, 1.807) is 0 Å². The highest BCUT2D eigenvalue weighted by Crippen LogP contribution is 2.40. The summed E-state index contributed by atoms with van der Waals surface area (Å²) in [4.78, 5) is 0. The monoisotopic (exact) mass is 379 g/mol. The first kappa shape index (κ1) is 19.3. The Morgan fingerprint density at radius 2 is 1.62 bits per heavy atom. The van der Waals surface area contributed by atoms with Crippen LogP contribution in [0.3, 0.4) is 0 Å². The second-order valence-corrected chi connectivity index (χ2v) is 8.00. The zero-order chi connectivity index (χ0) is 20.4. The normalized spacial score (nSPS) is 12.8. The number of hydrogen-bond acceptors (Lipinski definition) is 1. The Labute approximate surface area is 174 Å². The van der Waals surface area contributed by atoms with E-state index in [1.165, 1.54) is 44.5 Å². The van der Waals surface area contributed by atoms with E-state index in [1.807, 2.05) is 0 Å². The molecule has 1 aliphatic rings. The molecule has 29 heavy (non-hydrogen) atoms. The van der Waals surface area contributed by atoms with Crippen LogP contribution in [0.25, 0.3) is 28.0 Å². The van der Waals surface area contributed by atoms with Crippen molar-refractivity contribution in [2.24, 2.45) is 0 Å². The van der Waals surface area contributed by atoms with Gasteiger partial charge in [-0.25, -0.2) is 0 Å².